The predicted octanol–water partition coefficient (Wildman–Crippen LogP) is 4.20. The molecule has 0 aromatic rings. The Morgan fingerprint density at radius 3 is 2.14 bits per heavy atom. The lowest BCUT2D eigenvalue weighted by molar-refractivity contribution is -0.142. The Hall–Kier alpha value is -0.790. The average Bonchev–Trinajstić information content (AvgIpc) is 3.09. The molecule has 6 bridgehead atoms. The second-order valence-corrected chi connectivity index (χ2v) is 12.9. The maximum Gasteiger partial charge on any atom is 0.497 e. The number of sulfone groups is 1. The Kier molecular flexibility index (Phi) is 4.42. The fourth-order valence-corrected chi connectivity index (χ4v) is 8.64. The number of hydrogen-bond acceptors (Lipinski definition) is 3. The van der Waals surface area contributed by atoms with Crippen LogP contribution in [0, 0.1) is 34.5 Å². The number of rotatable bonds is 5. The lowest BCUT2D eigenvalue weighted by atomic mass is 9.52. The molecule has 1 amide bonds. The molecular formula is C21H30F3NO3S. The van der Waals surface area contributed by atoms with Crippen molar-refractivity contribution in [1.82, 2.24) is 5.32 Å². The van der Waals surface area contributed by atoms with Crippen LogP contribution in [-0.4, -0.2) is 31.6 Å². The third-order valence-electron chi connectivity index (χ3n) is 9.49. The average molecular weight is 434 g/mol. The largest absolute Gasteiger partial charge is 0.497 e. The van der Waals surface area contributed by atoms with E-state index in [1.165, 1.54) is 25.7 Å². The van der Waals surface area contributed by atoms with Crippen molar-refractivity contribution in [3.63, 3.8) is 0 Å². The Morgan fingerprint density at radius 1 is 0.931 bits per heavy atom. The summed E-state index contributed by atoms with van der Waals surface area (Å²) in [6.45, 7) is 0. The highest BCUT2D eigenvalue weighted by atomic mass is 32.2. The molecule has 5 unspecified atom stereocenters. The third-order valence-corrected chi connectivity index (χ3v) is 10.9. The second-order valence-electron chi connectivity index (χ2n) is 10.8. The summed E-state index contributed by atoms with van der Waals surface area (Å²) in [5, 5.41) is 3.43. The van der Waals surface area contributed by atoms with E-state index in [1.54, 1.807) is 0 Å². The van der Waals surface area contributed by atoms with Gasteiger partial charge in [0.05, 0.1) is 5.75 Å². The summed E-state index contributed by atoms with van der Waals surface area (Å²) in [5.74, 6) is 2.28. The van der Waals surface area contributed by atoms with Crippen LogP contribution in [0.4, 0.5) is 13.2 Å². The van der Waals surface area contributed by atoms with Gasteiger partial charge in [0.1, 0.15) is 0 Å². The van der Waals surface area contributed by atoms with E-state index >= 15 is 0 Å². The normalized spacial score (nSPS) is 45.7. The van der Waals surface area contributed by atoms with Crippen molar-refractivity contribution >= 4 is 15.7 Å². The van der Waals surface area contributed by atoms with Gasteiger partial charge >= 0.3 is 5.51 Å². The van der Waals surface area contributed by atoms with Crippen molar-refractivity contribution in [2.75, 3.05) is 5.75 Å². The molecular weight excluding hydrogens is 403 g/mol. The molecule has 7 aliphatic rings. The first-order chi connectivity index (χ1) is 13.5. The van der Waals surface area contributed by atoms with Gasteiger partial charge in [0.25, 0.3) is 0 Å². The number of amides is 1. The highest BCUT2D eigenvalue weighted by Crippen LogP contribution is 2.60. The standard InChI is InChI=1S/C21H30F3NO3S/c22-21(23,24)29(27,28)8-7-19-1-4-20(5-2-19,6-3-19)18(26)25-17-15-10-13-9-14(12-15)16(17)11-13/h13-17H,1-12H2,(H,25,26). The minimum Gasteiger partial charge on any atom is -0.352 e. The van der Waals surface area contributed by atoms with Gasteiger partial charge in [-0.25, -0.2) is 8.42 Å². The molecule has 0 radical (unpaired) electrons. The number of carbonyl (C=O) groups excluding carboxylic acids is 1. The van der Waals surface area contributed by atoms with Crippen LogP contribution in [0.5, 0.6) is 0 Å². The molecule has 0 aromatic heterocycles. The fourth-order valence-electron chi connectivity index (χ4n) is 7.71. The highest BCUT2D eigenvalue weighted by Gasteiger charge is 2.57. The minimum atomic E-state index is -5.17. The Morgan fingerprint density at radius 2 is 1.55 bits per heavy atom. The summed E-state index contributed by atoms with van der Waals surface area (Å²) in [6.07, 6.45) is 9.19. The smallest absolute Gasteiger partial charge is 0.352 e. The van der Waals surface area contributed by atoms with E-state index in [9.17, 15) is 26.4 Å². The minimum absolute atomic E-state index is 0.0579. The molecule has 5 atom stereocenters. The number of alkyl halides is 3. The van der Waals surface area contributed by atoms with Crippen molar-refractivity contribution < 1.29 is 26.4 Å². The zero-order valence-corrected chi connectivity index (χ0v) is 17.5. The Balaban J connectivity index is 1.20. The lowest BCUT2D eigenvalue weighted by Gasteiger charge is -2.53. The van der Waals surface area contributed by atoms with Crippen molar-refractivity contribution in [2.24, 2.45) is 34.5 Å². The summed E-state index contributed by atoms with van der Waals surface area (Å²) < 4.78 is 61.0. The third kappa shape index (κ3) is 3.14. The van der Waals surface area contributed by atoms with Crippen molar-refractivity contribution in [3.05, 3.63) is 0 Å². The van der Waals surface area contributed by atoms with Crippen LogP contribution in [-0.2, 0) is 14.6 Å². The van der Waals surface area contributed by atoms with Crippen LogP contribution in [0.3, 0.4) is 0 Å². The van der Waals surface area contributed by atoms with Gasteiger partial charge in [-0.3, -0.25) is 4.79 Å². The zero-order chi connectivity index (χ0) is 20.7. The van der Waals surface area contributed by atoms with E-state index in [2.05, 4.69) is 5.32 Å². The number of fused-ring (bicyclic) bond motifs is 3. The van der Waals surface area contributed by atoms with Crippen molar-refractivity contribution in [2.45, 2.75) is 82.2 Å². The first-order valence-electron chi connectivity index (χ1n) is 11.1. The zero-order valence-electron chi connectivity index (χ0n) is 16.6. The monoisotopic (exact) mass is 433 g/mol. The van der Waals surface area contributed by atoms with E-state index in [0.29, 0.717) is 56.4 Å². The molecule has 7 saturated carbocycles. The summed E-state index contributed by atoms with van der Waals surface area (Å²) in [6, 6.07) is 0.325. The lowest BCUT2D eigenvalue weighted by Crippen LogP contribution is -2.54. The van der Waals surface area contributed by atoms with Crippen molar-refractivity contribution in [3.8, 4) is 0 Å². The summed E-state index contributed by atoms with van der Waals surface area (Å²) in [4.78, 5) is 13.3. The van der Waals surface area contributed by atoms with Crippen LogP contribution in [0.25, 0.3) is 0 Å². The quantitative estimate of drug-likeness (QED) is 0.707. The topological polar surface area (TPSA) is 63.2 Å². The molecule has 1 N–H and O–H groups in total. The predicted molar refractivity (Wildman–Crippen MR) is 101 cm³/mol. The molecule has 0 heterocycles. The van der Waals surface area contributed by atoms with E-state index in [4.69, 9.17) is 0 Å². The van der Waals surface area contributed by atoms with Crippen LogP contribution >= 0.6 is 0 Å². The first-order valence-corrected chi connectivity index (χ1v) is 12.8. The summed E-state index contributed by atoms with van der Waals surface area (Å²) in [5.41, 5.74) is -5.90. The van der Waals surface area contributed by atoms with E-state index in [1.807, 2.05) is 0 Å². The summed E-state index contributed by atoms with van der Waals surface area (Å²) in [7, 11) is -5.06. The van der Waals surface area contributed by atoms with Crippen LogP contribution in [0.2, 0.25) is 0 Å². The molecule has 29 heavy (non-hydrogen) atoms. The molecule has 0 aliphatic heterocycles. The van der Waals surface area contributed by atoms with E-state index in [0.717, 1.165) is 11.8 Å². The van der Waals surface area contributed by atoms with Gasteiger partial charge in [-0.15, -0.1) is 0 Å². The molecule has 0 spiro atoms. The second kappa shape index (κ2) is 6.36. The van der Waals surface area contributed by atoms with Crippen LogP contribution < -0.4 is 5.32 Å². The van der Waals surface area contributed by atoms with Gasteiger partial charge < -0.3 is 5.32 Å². The van der Waals surface area contributed by atoms with Gasteiger partial charge in [-0.2, -0.15) is 13.2 Å². The molecule has 7 aliphatic carbocycles. The number of nitrogens with one attached hydrogen (secondary N) is 1. The van der Waals surface area contributed by atoms with Gasteiger partial charge in [0.15, 0.2) is 0 Å². The summed E-state index contributed by atoms with van der Waals surface area (Å²) >= 11 is 0. The van der Waals surface area contributed by atoms with Gasteiger partial charge in [-0.05, 0) is 99.7 Å². The van der Waals surface area contributed by atoms with Crippen LogP contribution in [0.1, 0.15) is 70.6 Å². The van der Waals surface area contributed by atoms with Gasteiger partial charge in [-0.1, -0.05) is 0 Å². The number of halogens is 3. The molecule has 0 saturated heterocycles. The molecule has 164 valence electrons. The SMILES string of the molecule is O=C(NC1C2CC3CC(C2)C1C3)C12CCC(CCS(=O)(=O)C(F)(F)F)(CC1)CC2. The molecule has 0 aromatic carbocycles. The number of carbonyl (C=O) groups is 1. The molecule has 8 heteroatoms. The van der Waals surface area contributed by atoms with Crippen molar-refractivity contribution in [1.29, 1.82) is 0 Å². The van der Waals surface area contributed by atoms with Gasteiger partial charge in [0, 0.05) is 11.5 Å². The molecule has 7 rings (SSSR count). The van der Waals surface area contributed by atoms with Gasteiger partial charge in [0.2, 0.25) is 15.7 Å². The number of hydrogen-bond donors (Lipinski definition) is 1. The Labute approximate surface area is 170 Å². The first kappa shape index (κ1) is 20.1. The molecule has 4 nitrogen and oxygen atoms in total. The van der Waals surface area contributed by atoms with E-state index < -0.39 is 21.1 Å². The fraction of sp³-hybridized carbons (Fsp3) is 0.952. The highest BCUT2D eigenvalue weighted by molar-refractivity contribution is 7.92. The van der Waals surface area contributed by atoms with Crippen LogP contribution in [0.15, 0.2) is 0 Å². The molecule has 7 fully saturated rings. The van der Waals surface area contributed by atoms with E-state index in [-0.39, 0.29) is 23.2 Å². The maximum atomic E-state index is 13.3. The Bertz CT molecular complexity index is 780. The maximum absolute atomic E-state index is 13.3.